The van der Waals surface area contributed by atoms with Gasteiger partial charge in [-0.25, -0.2) is 4.98 Å². The maximum Gasteiger partial charge on any atom is 0.226 e. The first kappa shape index (κ1) is 18.7. The predicted molar refractivity (Wildman–Crippen MR) is 106 cm³/mol. The lowest BCUT2D eigenvalue weighted by atomic mass is 9.87. The minimum atomic E-state index is -0.113. The number of carbonyl (C=O) groups is 1. The normalized spacial score (nSPS) is 21.3. The van der Waals surface area contributed by atoms with Gasteiger partial charge in [0.2, 0.25) is 5.91 Å². The van der Waals surface area contributed by atoms with Crippen molar-refractivity contribution in [2.45, 2.75) is 44.6 Å². The number of hydrogen-bond donors (Lipinski definition) is 1. The zero-order chi connectivity index (χ0) is 18.6. The fourth-order valence-corrected chi connectivity index (χ4v) is 5.02. The van der Waals surface area contributed by atoms with Gasteiger partial charge >= 0.3 is 0 Å². The molecule has 1 aliphatic heterocycles. The molecule has 1 N–H and O–H groups in total. The van der Waals surface area contributed by atoms with Crippen LogP contribution in [0.3, 0.4) is 0 Å². The highest BCUT2D eigenvalue weighted by Gasteiger charge is 2.23. The van der Waals surface area contributed by atoms with Crippen molar-refractivity contribution in [1.29, 1.82) is 0 Å². The van der Waals surface area contributed by atoms with Crippen molar-refractivity contribution >= 4 is 32.6 Å². The van der Waals surface area contributed by atoms with Gasteiger partial charge in [0.1, 0.15) is 17.4 Å². The van der Waals surface area contributed by atoms with Crippen molar-refractivity contribution in [2.24, 2.45) is 5.92 Å². The summed E-state index contributed by atoms with van der Waals surface area (Å²) in [5, 5.41) is 3.62. The first-order chi connectivity index (χ1) is 13.2. The van der Waals surface area contributed by atoms with Crippen molar-refractivity contribution in [3.05, 3.63) is 17.7 Å². The minimum Gasteiger partial charge on any atom is -0.494 e. The Labute approximate surface area is 163 Å². The van der Waals surface area contributed by atoms with E-state index in [4.69, 9.17) is 14.2 Å². The van der Waals surface area contributed by atoms with Crippen LogP contribution in [-0.2, 0) is 14.3 Å². The van der Waals surface area contributed by atoms with E-state index in [0.29, 0.717) is 43.0 Å². The molecule has 6 nitrogen and oxygen atoms in total. The van der Waals surface area contributed by atoms with Crippen LogP contribution in [-0.4, -0.2) is 37.8 Å². The molecule has 2 heterocycles. The highest BCUT2D eigenvalue weighted by Crippen LogP contribution is 2.39. The number of ether oxygens (including phenoxy) is 3. The Morgan fingerprint density at radius 1 is 1.30 bits per heavy atom. The molecule has 1 saturated heterocycles. The summed E-state index contributed by atoms with van der Waals surface area (Å²) >= 11 is 1.48. The third-order valence-electron chi connectivity index (χ3n) is 5.36. The second-order valence-electron chi connectivity index (χ2n) is 7.24. The molecule has 0 bridgehead atoms. The topological polar surface area (TPSA) is 69.7 Å². The highest BCUT2D eigenvalue weighted by molar-refractivity contribution is 7.22. The maximum atomic E-state index is 12.5. The van der Waals surface area contributed by atoms with E-state index >= 15 is 0 Å². The Balaban J connectivity index is 1.55. The van der Waals surface area contributed by atoms with Crippen molar-refractivity contribution in [3.8, 4) is 5.75 Å². The molecule has 1 aliphatic carbocycles. The van der Waals surface area contributed by atoms with Gasteiger partial charge in [-0.3, -0.25) is 4.79 Å². The van der Waals surface area contributed by atoms with E-state index in [1.165, 1.54) is 30.6 Å². The molecule has 1 aromatic heterocycles. The lowest BCUT2D eigenvalue weighted by molar-refractivity contribution is -0.117. The molecular weight excluding hydrogens is 364 g/mol. The number of benzene rings is 1. The summed E-state index contributed by atoms with van der Waals surface area (Å²) in [6, 6.07) is 3.91. The summed E-state index contributed by atoms with van der Waals surface area (Å²) in [5.74, 6) is 1.26. The number of methoxy groups -OCH3 is 1. The Kier molecular flexibility index (Phi) is 5.90. The largest absolute Gasteiger partial charge is 0.494 e. The van der Waals surface area contributed by atoms with Crippen molar-refractivity contribution < 1.29 is 19.0 Å². The van der Waals surface area contributed by atoms with Gasteiger partial charge in [-0.2, -0.15) is 0 Å². The number of rotatable bonds is 5. The van der Waals surface area contributed by atoms with Crippen molar-refractivity contribution in [3.63, 3.8) is 0 Å². The van der Waals surface area contributed by atoms with Crippen LogP contribution < -0.4 is 10.1 Å². The van der Waals surface area contributed by atoms with Crippen LogP contribution in [0.5, 0.6) is 5.75 Å². The lowest BCUT2D eigenvalue weighted by Crippen LogP contribution is -2.21. The van der Waals surface area contributed by atoms with E-state index < -0.39 is 0 Å². The molecule has 27 heavy (non-hydrogen) atoms. The summed E-state index contributed by atoms with van der Waals surface area (Å²) in [6.45, 7) is 1.74. The zero-order valence-electron chi connectivity index (χ0n) is 15.7. The highest BCUT2D eigenvalue weighted by atomic mass is 32.1. The number of carbonyl (C=O) groups excluding carboxylic acids is 1. The van der Waals surface area contributed by atoms with E-state index in [1.54, 1.807) is 7.11 Å². The first-order valence-corrected chi connectivity index (χ1v) is 10.5. The Morgan fingerprint density at radius 2 is 2.15 bits per heavy atom. The minimum absolute atomic E-state index is 0.0544. The van der Waals surface area contributed by atoms with E-state index in [1.807, 2.05) is 12.1 Å². The molecule has 0 spiro atoms. The van der Waals surface area contributed by atoms with Crippen LogP contribution in [0.4, 0.5) is 5.13 Å². The number of anilines is 1. The summed E-state index contributed by atoms with van der Waals surface area (Å²) in [7, 11) is 1.63. The number of hydrogen-bond acceptors (Lipinski definition) is 6. The van der Waals surface area contributed by atoms with Crippen LogP contribution >= 0.6 is 11.3 Å². The quantitative estimate of drug-likeness (QED) is 0.824. The Hall–Kier alpha value is -1.70. The van der Waals surface area contributed by atoms with E-state index in [-0.39, 0.29) is 12.0 Å². The summed E-state index contributed by atoms with van der Waals surface area (Å²) in [4.78, 5) is 17.1. The summed E-state index contributed by atoms with van der Waals surface area (Å²) in [6.07, 6.45) is 6.56. The molecule has 1 aromatic carbocycles. The van der Waals surface area contributed by atoms with Crippen molar-refractivity contribution in [2.75, 3.05) is 32.2 Å². The van der Waals surface area contributed by atoms with Gasteiger partial charge in [0.15, 0.2) is 5.13 Å². The van der Waals surface area contributed by atoms with Gasteiger partial charge in [0.05, 0.1) is 31.6 Å². The van der Waals surface area contributed by atoms with Crippen LogP contribution in [0.15, 0.2) is 12.1 Å². The molecule has 4 rings (SSSR count). The molecule has 0 radical (unpaired) electrons. The Bertz CT molecular complexity index is 795. The van der Waals surface area contributed by atoms with Crippen LogP contribution in [0.2, 0.25) is 0 Å². The van der Waals surface area contributed by atoms with E-state index in [2.05, 4.69) is 10.3 Å². The van der Waals surface area contributed by atoms with Gasteiger partial charge in [-0.1, -0.05) is 36.7 Å². The van der Waals surface area contributed by atoms with E-state index in [9.17, 15) is 4.79 Å². The smallest absolute Gasteiger partial charge is 0.226 e. The lowest BCUT2D eigenvalue weighted by Gasteiger charge is -2.23. The molecule has 2 fully saturated rings. The molecule has 146 valence electrons. The van der Waals surface area contributed by atoms with Crippen LogP contribution in [0, 0.1) is 5.92 Å². The SMILES string of the molecule is COc1ccc(C2COCCO2)c2sc(NC(=O)CC3CCCCC3)nc12. The number of amides is 1. The number of nitrogens with one attached hydrogen (secondary N) is 1. The third-order valence-corrected chi connectivity index (χ3v) is 6.38. The van der Waals surface area contributed by atoms with Gasteiger partial charge in [-0.15, -0.1) is 0 Å². The number of nitrogens with zero attached hydrogens (tertiary/aromatic N) is 1. The molecule has 1 atom stereocenters. The number of thiazole rings is 1. The standard InChI is InChI=1S/C20H26N2O4S/c1-24-15-8-7-14(16-12-25-9-10-26-16)19-18(15)22-20(27-19)21-17(23)11-13-5-3-2-4-6-13/h7-8,13,16H,2-6,9-12H2,1H3,(H,21,22,23). The molecule has 7 heteroatoms. The maximum absolute atomic E-state index is 12.5. The molecule has 1 unspecified atom stereocenters. The van der Waals surface area contributed by atoms with Crippen LogP contribution in [0.1, 0.15) is 50.2 Å². The first-order valence-electron chi connectivity index (χ1n) is 9.71. The molecule has 1 saturated carbocycles. The Morgan fingerprint density at radius 3 is 2.89 bits per heavy atom. The predicted octanol–water partition coefficient (Wildman–Crippen LogP) is 4.30. The summed E-state index contributed by atoms with van der Waals surface area (Å²) < 4.78 is 17.9. The molecule has 1 amide bonds. The van der Waals surface area contributed by atoms with E-state index in [0.717, 1.165) is 28.6 Å². The van der Waals surface area contributed by atoms with Gasteiger partial charge in [-0.05, 0) is 24.8 Å². The molecule has 2 aromatic rings. The molecule has 2 aliphatic rings. The van der Waals surface area contributed by atoms with Crippen LogP contribution in [0.25, 0.3) is 10.2 Å². The average molecular weight is 391 g/mol. The van der Waals surface area contributed by atoms with Crippen molar-refractivity contribution in [1.82, 2.24) is 4.98 Å². The second-order valence-corrected chi connectivity index (χ2v) is 8.24. The zero-order valence-corrected chi connectivity index (χ0v) is 16.5. The summed E-state index contributed by atoms with van der Waals surface area (Å²) in [5.41, 5.74) is 1.80. The van der Waals surface area contributed by atoms with Gasteiger partial charge in [0.25, 0.3) is 0 Å². The fraction of sp³-hybridized carbons (Fsp3) is 0.600. The monoisotopic (exact) mass is 390 g/mol. The van der Waals surface area contributed by atoms with Gasteiger partial charge in [0, 0.05) is 12.0 Å². The third kappa shape index (κ3) is 4.25. The number of aromatic nitrogens is 1. The second kappa shape index (κ2) is 8.54. The molecular formula is C20H26N2O4S. The van der Waals surface area contributed by atoms with Gasteiger partial charge < -0.3 is 19.5 Å². The average Bonchev–Trinajstić information content (AvgIpc) is 3.12. The fourth-order valence-electron chi connectivity index (χ4n) is 3.97. The number of fused-ring (bicyclic) bond motifs is 1.